The maximum absolute atomic E-state index is 13.0. The van der Waals surface area contributed by atoms with Gasteiger partial charge >= 0.3 is 0 Å². The van der Waals surface area contributed by atoms with Crippen molar-refractivity contribution in [2.45, 2.75) is 19.6 Å². The highest BCUT2D eigenvalue weighted by Gasteiger charge is 2.15. The lowest BCUT2D eigenvalue weighted by Crippen LogP contribution is -2.04. The van der Waals surface area contributed by atoms with Gasteiger partial charge in [-0.25, -0.2) is 14.4 Å². The SMILES string of the molecule is COc1cccc2c1nc(N)n1nc(CO[C@H](C)c3ccc(F)cc3)nc21. The molecule has 0 aliphatic rings. The standard InChI is InChI=1S/C19H18FN5O2/c1-11(12-6-8-13(20)9-7-12)27-10-16-22-18-14-4-3-5-15(26-2)17(14)23-19(21)25(18)24-16/h3-9,11H,10H2,1-2H3,(H2,21,23)/t11-/m1/s1. The summed E-state index contributed by atoms with van der Waals surface area (Å²) in [6.45, 7) is 2.07. The first-order valence-electron chi connectivity index (χ1n) is 8.41. The Balaban J connectivity index is 1.64. The third kappa shape index (κ3) is 3.15. The van der Waals surface area contributed by atoms with Crippen LogP contribution in [-0.2, 0) is 11.3 Å². The second kappa shape index (κ2) is 6.81. The van der Waals surface area contributed by atoms with Gasteiger partial charge in [0.2, 0.25) is 5.95 Å². The van der Waals surface area contributed by atoms with Crippen molar-refractivity contribution < 1.29 is 13.9 Å². The number of aromatic nitrogens is 4. The van der Waals surface area contributed by atoms with Crippen LogP contribution in [0.2, 0.25) is 0 Å². The van der Waals surface area contributed by atoms with Gasteiger partial charge in [-0.2, -0.15) is 4.52 Å². The highest BCUT2D eigenvalue weighted by Crippen LogP contribution is 2.27. The third-order valence-corrected chi connectivity index (χ3v) is 4.36. The van der Waals surface area contributed by atoms with Crippen LogP contribution in [0.3, 0.4) is 0 Å². The van der Waals surface area contributed by atoms with E-state index in [0.29, 0.717) is 22.7 Å². The number of halogens is 1. The monoisotopic (exact) mass is 367 g/mol. The lowest BCUT2D eigenvalue weighted by atomic mass is 10.1. The first kappa shape index (κ1) is 17.2. The van der Waals surface area contributed by atoms with Gasteiger partial charge in [-0.05, 0) is 36.8 Å². The Labute approximate surface area is 154 Å². The zero-order valence-corrected chi connectivity index (χ0v) is 14.9. The van der Waals surface area contributed by atoms with E-state index in [2.05, 4.69) is 15.1 Å². The van der Waals surface area contributed by atoms with Crippen LogP contribution >= 0.6 is 0 Å². The van der Waals surface area contributed by atoms with Crippen molar-refractivity contribution in [1.82, 2.24) is 19.6 Å². The van der Waals surface area contributed by atoms with Crippen LogP contribution in [0.1, 0.15) is 24.4 Å². The number of para-hydroxylation sites is 1. The Bertz CT molecular complexity index is 1110. The maximum Gasteiger partial charge on any atom is 0.223 e. The van der Waals surface area contributed by atoms with Crippen molar-refractivity contribution >= 4 is 22.5 Å². The average molecular weight is 367 g/mol. The number of benzene rings is 2. The van der Waals surface area contributed by atoms with Gasteiger partial charge in [0.25, 0.3) is 0 Å². The Hall–Kier alpha value is -3.26. The fourth-order valence-electron chi connectivity index (χ4n) is 2.92. The molecule has 8 heteroatoms. The topological polar surface area (TPSA) is 87.6 Å². The van der Waals surface area contributed by atoms with E-state index in [1.165, 1.54) is 16.6 Å². The second-order valence-electron chi connectivity index (χ2n) is 6.09. The number of hydrogen-bond donors (Lipinski definition) is 1. The largest absolute Gasteiger partial charge is 0.494 e. The molecule has 0 amide bonds. The van der Waals surface area contributed by atoms with Gasteiger partial charge < -0.3 is 15.2 Å². The zero-order valence-electron chi connectivity index (χ0n) is 14.9. The van der Waals surface area contributed by atoms with Crippen LogP contribution in [0, 0.1) is 5.82 Å². The van der Waals surface area contributed by atoms with Gasteiger partial charge in [0.15, 0.2) is 11.5 Å². The molecule has 0 bridgehead atoms. The summed E-state index contributed by atoms with van der Waals surface area (Å²) in [4.78, 5) is 8.92. The normalized spacial score (nSPS) is 12.6. The van der Waals surface area contributed by atoms with Gasteiger partial charge in [-0.1, -0.05) is 18.2 Å². The number of nitrogens with zero attached hydrogens (tertiary/aromatic N) is 4. The summed E-state index contributed by atoms with van der Waals surface area (Å²) in [5, 5.41) is 5.18. The number of ether oxygens (including phenoxy) is 2. The molecule has 2 aromatic heterocycles. The summed E-state index contributed by atoms with van der Waals surface area (Å²) >= 11 is 0. The van der Waals surface area contributed by atoms with Crippen molar-refractivity contribution in [3.05, 3.63) is 59.7 Å². The van der Waals surface area contributed by atoms with Crippen molar-refractivity contribution in [2.24, 2.45) is 0 Å². The molecule has 4 aromatic rings. The van der Waals surface area contributed by atoms with Crippen molar-refractivity contribution in [3.8, 4) is 5.75 Å². The van der Waals surface area contributed by atoms with Gasteiger partial charge in [0.05, 0.1) is 13.2 Å². The molecule has 0 aliphatic heterocycles. The van der Waals surface area contributed by atoms with Crippen LogP contribution in [0.15, 0.2) is 42.5 Å². The molecule has 4 rings (SSSR count). The predicted molar refractivity (Wildman–Crippen MR) is 98.9 cm³/mol. The lowest BCUT2D eigenvalue weighted by Gasteiger charge is -2.11. The molecule has 1 atom stereocenters. The van der Waals surface area contributed by atoms with E-state index >= 15 is 0 Å². The maximum atomic E-state index is 13.0. The number of methoxy groups -OCH3 is 1. The molecule has 0 unspecified atom stereocenters. The molecule has 0 spiro atoms. The highest BCUT2D eigenvalue weighted by molar-refractivity contribution is 5.95. The summed E-state index contributed by atoms with van der Waals surface area (Å²) in [5.74, 6) is 1.03. The number of anilines is 1. The first-order valence-corrected chi connectivity index (χ1v) is 8.41. The van der Waals surface area contributed by atoms with Crippen LogP contribution in [0.5, 0.6) is 5.75 Å². The van der Waals surface area contributed by atoms with Gasteiger partial charge in [-0.3, -0.25) is 0 Å². The fraction of sp³-hybridized carbons (Fsp3) is 0.211. The molecule has 2 N–H and O–H groups in total. The number of rotatable bonds is 5. The molecule has 138 valence electrons. The quantitative estimate of drug-likeness (QED) is 0.582. The third-order valence-electron chi connectivity index (χ3n) is 4.36. The zero-order chi connectivity index (χ0) is 19.0. The minimum atomic E-state index is -0.279. The summed E-state index contributed by atoms with van der Waals surface area (Å²) in [6.07, 6.45) is -0.232. The van der Waals surface area contributed by atoms with E-state index in [4.69, 9.17) is 15.2 Å². The Morgan fingerprint density at radius 3 is 2.67 bits per heavy atom. The average Bonchev–Trinajstić information content (AvgIpc) is 3.11. The molecule has 2 aromatic carbocycles. The minimum Gasteiger partial charge on any atom is -0.494 e. The van der Waals surface area contributed by atoms with E-state index in [1.807, 2.05) is 25.1 Å². The molecule has 0 fully saturated rings. The van der Waals surface area contributed by atoms with Gasteiger partial charge in [0, 0.05) is 5.39 Å². The molecule has 0 saturated carbocycles. The Kier molecular flexibility index (Phi) is 4.33. The summed E-state index contributed by atoms with van der Waals surface area (Å²) in [5.41, 5.74) is 8.13. The van der Waals surface area contributed by atoms with Crippen LogP contribution < -0.4 is 10.5 Å². The molecule has 2 heterocycles. The molecule has 0 aliphatic carbocycles. The second-order valence-corrected chi connectivity index (χ2v) is 6.09. The highest BCUT2D eigenvalue weighted by atomic mass is 19.1. The van der Waals surface area contributed by atoms with E-state index in [-0.39, 0.29) is 24.5 Å². The fourth-order valence-corrected chi connectivity index (χ4v) is 2.92. The van der Waals surface area contributed by atoms with Crippen LogP contribution in [0.25, 0.3) is 16.6 Å². The van der Waals surface area contributed by atoms with Crippen LogP contribution in [0.4, 0.5) is 10.3 Å². The van der Waals surface area contributed by atoms with E-state index in [9.17, 15) is 4.39 Å². The van der Waals surface area contributed by atoms with Crippen molar-refractivity contribution in [2.75, 3.05) is 12.8 Å². The van der Waals surface area contributed by atoms with Crippen LogP contribution in [-0.4, -0.2) is 26.7 Å². The van der Waals surface area contributed by atoms with Gasteiger partial charge in [0.1, 0.15) is 23.7 Å². The van der Waals surface area contributed by atoms with Crippen molar-refractivity contribution in [3.63, 3.8) is 0 Å². The van der Waals surface area contributed by atoms with E-state index < -0.39 is 0 Å². The summed E-state index contributed by atoms with van der Waals surface area (Å²) in [7, 11) is 1.58. The smallest absolute Gasteiger partial charge is 0.223 e. The molecular weight excluding hydrogens is 349 g/mol. The summed E-state index contributed by atoms with van der Waals surface area (Å²) in [6, 6.07) is 11.8. The Morgan fingerprint density at radius 1 is 1.15 bits per heavy atom. The number of nitrogen functional groups attached to an aromatic ring is 1. The molecule has 0 radical (unpaired) electrons. The number of nitrogens with two attached hydrogens (primary N) is 1. The number of hydrogen-bond acceptors (Lipinski definition) is 6. The van der Waals surface area contributed by atoms with E-state index in [0.717, 1.165) is 10.9 Å². The molecule has 0 saturated heterocycles. The number of fused-ring (bicyclic) bond motifs is 3. The molecule has 27 heavy (non-hydrogen) atoms. The lowest BCUT2D eigenvalue weighted by molar-refractivity contribution is 0.0484. The van der Waals surface area contributed by atoms with Gasteiger partial charge in [-0.15, -0.1) is 5.10 Å². The Morgan fingerprint density at radius 2 is 1.93 bits per heavy atom. The first-order chi connectivity index (χ1) is 13.1. The van der Waals surface area contributed by atoms with E-state index in [1.54, 1.807) is 19.2 Å². The predicted octanol–water partition coefficient (Wildman–Crippen LogP) is 3.29. The minimum absolute atomic E-state index is 0.186. The van der Waals surface area contributed by atoms with Crippen molar-refractivity contribution in [1.29, 1.82) is 0 Å². The molecular formula is C19H18FN5O2. The summed E-state index contributed by atoms with van der Waals surface area (Å²) < 4.78 is 25.7. The molecule has 7 nitrogen and oxygen atoms in total.